The lowest BCUT2D eigenvalue weighted by molar-refractivity contribution is 0.232. The number of amides is 2. The first-order chi connectivity index (χ1) is 8.78. The Morgan fingerprint density at radius 1 is 1.50 bits per heavy atom. The molecule has 1 N–H and O–H groups in total. The minimum atomic E-state index is -0.323. The van der Waals surface area contributed by atoms with E-state index in [0.717, 1.165) is 35.7 Å². The molecule has 0 aliphatic carbocycles. The Balaban J connectivity index is 1.86. The smallest absolute Gasteiger partial charge is 0.331 e. The van der Waals surface area contributed by atoms with Gasteiger partial charge in [0, 0.05) is 0 Å². The van der Waals surface area contributed by atoms with Crippen LogP contribution in [0.2, 0.25) is 0 Å². The molecule has 1 unspecified atom stereocenters. The molecule has 5 nitrogen and oxygen atoms in total. The fourth-order valence-electron chi connectivity index (χ4n) is 2.41. The van der Waals surface area contributed by atoms with Gasteiger partial charge in [0.15, 0.2) is 6.19 Å². The van der Waals surface area contributed by atoms with E-state index in [2.05, 4.69) is 11.4 Å². The molecular formula is C13H13N3O2. The number of hydrogen-bond donors (Lipinski definition) is 1. The second kappa shape index (κ2) is 4.22. The molecule has 2 amide bonds. The molecular weight excluding hydrogens is 230 g/mol. The molecule has 0 saturated carbocycles. The van der Waals surface area contributed by atoms with Crippen molar-refractivity contribution < 1.29 is 9.53 Å². The lowest BCUT2D eigenvalue weighted by Crippen LogP contribution is -2.23. The van der Waals surface area contributed by atoms with Gasteiger partial charge in [0.2, 0.25) is 0 Å². The number of urea groups is 1. The Hall–Kier alpha value is -2.22. The molecule has 1 saturated heterocycles. The summed E-state index contributed by atoms with van der Waals surface area (Å²) in [5.41, 5.74) is 2.22. The summed E-state index contributed by atoms with van der Waals surface area (Å²) in [6.45, 7) is 1.17. The van der Waals surface area contributed by atoms with E-state index >= 15 is 0 Å². The summed E-state index contributed by atoms with van der Waals surface area (Å²) in [5.74, 6) is 0.937. The van der Waals surface area contributed by atoms with Crippen molar-refractivity contribution in [2.24, 2.45) is 0 Å². The van der Waals surface area contributed by atoms with E-state index in [4.69, 9.17) is 10.00 Å². The Bertz CT molecular complexity index is 536. The van der Waals surface area contributed by atoms with Crippen molar-refractivity contribution in [3.05, 3.63) is 29.3 Å². The van der Waals surface area contributed by atoms with Gasteiger partial charge in [0.1, 0.15) is 5.75 Å². The van der Waals surface area contributed by atoms with Crippen LogP contribution in [0, 0.1) is 11.5 Å². The van der Waals surface area contributed by atoms with Gasteiger partial charge in [-0.15, -0.1) is 0 Å². The van der Waals surface area contributed by atoms with Crippen LogP contribution < -0.4 is 10.1 Å². The highest BCUT2D eigenvalue weighted by Crippen LogP contribution is 2.29. The number of nitrogens with zero attached hydrogens (tertiary/aromatic N) is 2. The van der Waals surface area contributed by atoms with Crippen molar-refractivity contribution in [3.63, 3.8) is 0 Å². The molecule has 2 aliphatic heterocycles. The first-order valence-corrected chi connectivity index (χ1v) is 6.01. The molecule has 1 aromatic carbocycles. The van der Waals surface area contributed by atoms with Crippen LogP contribution in [0.5, 0.6) is 5.75 Å². The number of rotatable bonds is 1. The molecule has 92 valence electrons. The molecule has 1 fully saturated rings. The van der Waals surface area contributed by atoms with Crippen LogP contribution in [0.3, 0.4) is 0 Å². The summed E-state index contributed by atoms with van der Waals surface area (Å²) >= 11 is 0. The normalized spacial score (nSPS) is 21.8. The lowest BCUT2D eigenvalue weighted by atomic mass is 9.99. The number of aryl methyl sites for hydroxylation is 1. The van der Waals surface area contributed by atoms with Crippen LogP contribution in [-0.4, -0.2) is 24.1 Å². The molecule has 1 atom stereocenters. The van der Waals surface area contributed by atoms with Crippen molar-refractivity contribution in [1.29, 1.82) is 5.26 Å². The van der Waals surface area contributed by atoms with Gasteiger partial charge in [-0.3, -0.25) is 0 Å². The zero-order valence-electron chi connectivity index (χ0n) is 9.85. The predicted molar refractivity (Wildman–Crippen MR) is 63.8 cm³/mol. The summed E-state index contributed by atoms with van der Waals surface area (Å²) < 4.78 is 5.55. The van der Waals surface area contributed by atoms with E-state index in [1.807, 2.05) is 18.3 Å². The zero-order chi connectivity index (χ0) is 12.5. The van der Waals surface area contributed by atoms with E-state index in [1.54, 1.807) is 0 Å². The van der Waals surface area contributed by atoms with Gasteiger partial charge in [-0.25, -0.2) is 9.69 Å². The maximum atomic E-state index is 11.4. The van der Waals surface area contributed by atoms with Gasteiger partial charge in [-0.2, -0.15) is 5.26 Å². The fourth-order valence-corrected chi connectivity index (χ4v) is 2.41. The largest absolute Gasteiger partial charge is 0.493 e. The third-order valence-electron chi connectivity index (χ3n) is 3.36. The van der Waals surface area contributed by atoms with Crippen molar-refractivity contribution >= 4 is 6.03 Å². The first kappa shape index (κ1) is 10.9. The van der Waals surface area contributed by atoms with Crippen LogP contribution in [-0.2, 0) is 6.42 Å². The van der Waals surface area contributed by atoms with Gasteiger partial charge in [-0.05, 0) is 36.1 Å². The summed E-state index contributed by atoms with van der Waals surface area (Å²) in [5, 5.41) is 11.6. The summed E-state index contributed by atoms with van der Waals surface area (Å²) in [4.78, 5) is 12.6. The topological polar surface area (TPSA) is 65.4 Å². The van der Waals surface area contributed by atoms with Gasteiger partial charge in [0.05, 0.1) is 19.2 Å². The number of benzene rings is 1. The van der Waals surface area contributed by atoms with Gasteiger partial charge < -0.3 is 10.1 Å². The van der Waals surface area contributed by atoms with Crippen LogP contribution in [0.1, 0.15) is 23.6 Å². The van der Waals surface area contributed by atoms with Gasteiger partial charge in [-0.1, -0.05) is 6.07 Å². The predicted octanol–water partition coefficient (Wildman–Crippen LogP) is 1.56. The molecule has 1 aromatic rings. The van der Waals surface area contributed by atoms with Crippen molar-refractivity contribution in [1.82, 2.24) is 10.2 Å². The number of nitriles is 1. The maximum Gasteiger partial charge on any atom is 0.331 e. The third-order valence-corrected chi connectivity index (χ3v) is 3.36. The van der Waals surface area contributed by atoms with Gasteiger partial charge >= 0.3 is 6.03 Å². The monoisotopic (exact) mass is 243 g/mol. The van der Waals surface area contributed by atoms with Crippen LogP contribution in [0.25, 0.3) is 0 Å². The molecule has 0 aromatic heterocycles. The molecule has 2 aliphatic rings. The van der Waals surface area contributed by atoms with E-state index in [9.17, 15) is 4.79 Å². The SMILES string of the molecule is N#CN1CC(c2ccc3c(c2)CCCO3)NC1=O. The first-order valence-electron chi connectivity index (χ1n) is 6.01. The summed E-state index contributed by atoms with van der Waals surface area (Å²) in [6.07, 6.45) is 3.90. The summed E-state index contributed by atoms with van der Waals surface area (Å²) in [7, 11) is 0. The lowest BCUT2D eigenvalue weighted by Gasteiger charge is -2.19. The average molecular weight is 243 g/mol. The molecule has 0 bridgehead atoms. The number of nitrogens with one attached hydrogen (secondary N) is 1. The molecule has 2 heterocycles. The number of carbonyl (C=O) groups excluding carboxylic acids is 1. The molecule has 3 rings (SSSR count). The number of hydrogen-bond acceptors (Lipinski definition) is 3. The van der Waals surface area contributed by atoms with E-state index in [1.165, 1.54) is 5.56 Å². The molecule has 0 spiro atoms. The number of fused-ring (bicyclic) bond motifs is 1. The zero-order valence-corrected chi connectivity index (χ0v) is 9.85. The van der Waals surface area contributed by atoms with Crippen LogP contribution in [0.4, 0.5) is 4.79 Å². The highest BCUT2D eigenvalue weighted by molar-refractivity contribution is 5.78. The standard InChI is InChI=1S/C13H13N3O2/c14-8-16-7-11(15-13(16)17)9-3-4-12-10(6-9)2-1-5-18-12/h3-4,6,11H,1-2,5,7H2,(H,15,17). The molecule has 0 radical (unpaired) electrons. The average Bonchev–Trinajstić information content (AvgIpc) is 2.79. The van der Waals surface area contributed by atoms with Gasteiger partial charge in [0.25, 0.3) is 0 Å². The highest BCUT2D eigenvalue weighted by Gasteiger charge is 2.30. The van der Waals surface area contributed by atoms with E-state index in [-0.39, 0.29) is 12.1 Å². The number of carbonyl (C=O) groups is 1. The van der Waals surface area contributed by atoms with Crippen molar-refractivity contribution in [2.75, 3.05) is 13.2 Å². The van der Waals surface area contributed by atoms with Crippen molar-refractivity contribution in [3.8, 4) is 11.9 Å². The fraction of sp³-hybridized carbons (Fsp3) is 0.385. The quantitative estimate of drug-likeness (QED) is 0.761. The molecule has 18 heavy (non-hydrogen) atoms. The Morgan fingerprint density at radius 3 is 3.17 bits per heavy atom. The Morgan fingerprint density at radius 2 is 2.39 bits per heavy atom. The van der Waals surface area contributed by atoms with Crippen molar-refractivity contribution in [2.45, 2.75) is 18.9 Å². The minimum Gasteiger partial charge on any atom is -0.493 e. The third kappa shape index (κ3) is 1.76. The van der Waals surface area contributed by atoms with Crippen LogP contribution in [0.15, 0.2) is 18.2 Å². The highest BCUT2D eigenvalue weighted by atomic mass is 16.5. The van der Waals surface area contributed by atoms with E-state index in [0.29, 0.717) is 6.54 Å². The second-order valence-electron chi connectivity index (χ2n) is 4.53. The maximum absolute atomic E-state index is 11.4. The Labute approximate surface area is 105 Å². The summed E-state index contributed by atoms with van der Waals surface area (Å²) in [6, 6.07) is 5.54. The number of ether oxygens (including phenoxy) is 1. The van der Waals surface area contributed by atoms with E-state index < -0.39 is 0 Å². The molecule has 5 heteroatoms. The Kier molecular flexibility index (Phi) is 2.56. The van der Waals surface area contributed by atoms with Crippen LogP contribution >= 0.6 is 0 Å². The minimum absolute atomic E-state index is 0.107. The second-order valence-corrected chi connectivity index (χ2v) is 4.53.